The first-order chi connectivity index (χ1) is 10.8. The smallest absolute Gasteiger partial charge is 0.142 e. The van der Waals surface area contributed by atoms with E-state index in [1.165, 1.54) is 0 Å². The SMILES string of the molecule is COc1cccc(CO/N=C\c2cc(OC)ccc2OC)c1. The van der Waals surface area contributed by atoms with Crippen molar-refractivity contribution in [3.63, 3.8) is 0 Å². The Morgan fingerprint density at radius 1 is 0.909 bits per heavy atom. The molecule has 2 aromatic rings. The van der Waals surface area contributed by atoms with Crippen LogP contribution in [0.25, 0.3) is 0 Å². The van der Waals surface area contributed by atoms with Gasteiger partial charge in [-0.1, -0.05) is 17.3 Å². The van der Waals surface area contributed by atoms with E-state index in [0.29, 0.717) is 12.4 Å². The fraction of sp³-hybridized carbons (Fsp3) is 0.235. The molecule has 0 saturated carbocycles. The second-order valence-electron chi connectivity index (χ2n) is 4.47. The highest BCUT2D eigenvalue weighted by Crippen LogP contribution is 2.22. The molecule has 0 amide bonds. The molecule has 2 rings (SSSR count). The van der Waals surface area contributed by atoms with Gasteiger partial charge in [0.25, 0.3) is 0 Å². The van der Waals surface area contributed by atoms with E-state index in [1.807, 2.05) is 42.5 Å². The van der Waals surface area contributed by atoms with Gasteiger partial charge in [-0.3, -0.25) is 0 Å². The first-order valence-electron chi connectivity index (χ1n) is 6.77. The van der Waals surface area contributed by atoms with E-state index in [-0.39, 0.29) is 0 Å². The van der Waals surface area contributed by atoms with E-state index in [0.717, 1.165) is 22.6 Å². The van der Waals surface area contributed by atoms with Crippen molar-refractivity contribution >= 4 is 6.21 Å². The number of ether oxygens (including phenoxy) is 3. The van der Waals surface area contributed by atoms with Gasteiger partial charge in [0.15, 0.2) is 0 Å². The minimum absolute atomic E-state index is 0.361. The lowest BCUT2D eigenvalue weighted by atomic mass is 10.2. The van der Waals surface area contributed by atoms with E-state index >= 15 is 0 Å². The summed E-state index contributed by atoms with van der Waals surface area (Å²) in [6.07, 6.45) is 1.60. The fourth-order valence-corrected chi connectivity index (χ4v) is 1.91. The highest BCUT2D eigenvalue weighted by Gasteiger charge is 2.02. The molecule has 5 nitrogen and oxygen atoms in total. The fourth-order valence-electron chi connectivity index (χ4n) is 1.91. The van der Waals surface area contributed by atoms with Crippen LogP contribution in [0.3, 0.4) is 0 Å². The van der Waals surface area contributed by atoms with Crippen molar-refractivity contribution in [2.24, 2.45) is 5.16 Å². The molecule has 0 bridgehead atoms. The Morgan fingerprint density at radius 2 is 1.68 bits per heavy atom. The van der Waals surface area contributed by atoms with Gasteiger partial charge < -0.3 is 19.0 Å². The van der Waals surface area contributed by atoms with E-state index in [9.17, 15) is 0 Å². The molecule has 116 valence electrons. The first-order valence-corrected chi connectivity index (χ1v) is 6.77. The third kappa shape index (κ3) is 4.15. The maximum atomic E-state index is 5.31. The highest BCUT2D eigenvalue weighted by molar-refractivity contribution is 5.83. The Bertz CT molecular complexity index is 640. The minimum Gasteiger partial charge on any atom is -0.497 e. The Labute approximate surface area is 130 Å². The minimum atomic E-state index is 0.361. The van der Waals surface area contributed by atoms with Crippen LogP contribution in [0.4, 0.5) is 0 Å². The average molecular weight is 301 g/mol. The third-order valence-electron chi connectivity index (χ3n) is 3.07. The first kappa shape index (κ1) is 15.7. The zero-order valence-electron chi connectivity index (χ0n) is 12.9. The summed E-state index contributed by atoms with van der Waals surface area (Å²) in [4.78, 5) is 5.31. The molecule has 2 aromatic carbocycles. The number of benzene rings is 2. The lowest BCUT2D eigenvalue weighted by molar-refractivity contribution is 0.132. The molecule has 0 saturated heterocycles. The van der Waals surface area contributed by atoms with Crippen LogP contribution in [0.2, 0.25) is 0 Å². The summed E-state index contributed by atoms with van der Waals surface area (Å²) >= 11 is 0. The van der Waals surface area contributed by atoms with Crippen LogP contribution in [0.1, 0.15) is 11.1 Å². The molecule has 5 heteroatoms. The molecule has 0 N–H and O–H groups in total. The lowest BCUT2D eigenvalue weighted by Crippen LogP contribution is -1.94. The van der Waals surface area contributed by atoms with E-state index in [1.54, 1.807) is 27.5 Å². The summed E-state index contributed by atoms with van der Waals surface area (Å²) in [5.74, 6) is 2.23. The van der Waals surface area contributed by atoms with E-state index in [2.05, 4.69) is 5.16 Å². The number of rotatable bonds is 7. The number of nitrogens with zero attached hydrogens (tertiary/aromatic N) is 1. The van der Waals surface area contributed by atoms with Crippen molar-refractivity contribution in [1.29, 1.82) is 0 Å². The van der Waals surface area contributed by atoms with Gasteiger partial charge in [0.05, 0.1) is 27.5 Å². The van der Waals surface area contributed by atoms with E-state index in [4.69, 9.17) is 19.0 Å². The Kier molecular flexibility index (Phi) is 5.65. The normalized spacial score (nSPS) is 10.5. The molecule has 0 aromatic heterocycles. The van der Waals surface area contributed by atoms with Crippen molar-refractivity contribution in [1.82, 2.24) is 0 Å². The number of oxime groups is 1. The molecule has 22 heavy (non-hydrogen) atoms. The van der Waals surface area contributed by atoms with Gasteiger partial charge in [-0.05, 0) is 35.9 Å². The topological polar surface area (TPSA) is 49.3 Å². The molecule has 0 radical (unpaired) electrons. The quantitative estimate of drug-likeness (QED) is 0.582. The van der Waals surface area contributed by atoms with Crippen LogP contribution in [-0.2, 0) is 11.4 Å². The number of hydrogen-bond donors (Lipinski definition) is 0. The summed E-state index contributed by atoms with van der Waals surface area (Å²) < 4.78 is 15.6. The Balaban J connectivity index is 2.00. The molecule has 0 unspecified atom stereocenters. The number of hydrogen-bond acceptors (Lipinski definition) is 5. The molecule has 0 atom stereocenters. The van der Waals surface area contributed by atoms with Gasteiger partial charge in [0.2, 0.25) is 0 Å². The zero-order chi connectivity index (χ0) is 15.8. The Hall–Kier alpha value is -2.69. The summed E-state index contributed by atoms with van der Waals surface area (Å²) in [6, 6.07) is 13.1. The predicted molar refractivity (Wildman–Crippen MR) is 84.9 cm³/mol. The summed E-state index contributed by atoms with van der Waals surface area (Å²) in [5.41, 5.74) is 1.77. The van der Waals surface area contributed by atoms with Gasteiger partial charge >= 0.3 is 0 Å². The van der Waals surface area contributed by atoms with Gasteiger partial charge in [-0.2, -0.15) is 0 Å². The second-order valence-corrected chi connectivity index (χ2v) is 4.47. The van der Waals surface area contributed by atoms with Crippen molar-refractivity contribution in [2.75, 3.05) is 21.3 Å². The summed E-state index contributed by atoms with van der Waals surface area (Å²) in [5, 5.41) is 3.98. The van der Waals surface area contributed by atoms with Crippen LogP contribution >= 0.6 is 0 Å². The van der Waals surface area contributed by atoms with Crippen LogP contribution in [-0.4, -0.2) is 27.5 Å². The van der Waals surface area contributed by atoms with Gasteiger partial charge in [-0.15, -0.1) is 0 Å². The largest absolute Gasteiger partial charge is 0.497 e. The molecule has 0 aliphatic rings. The van der Waals surface area contributed by atoms with Crippen molar-refractivity contribution in [3.8, 4) is 17.2 Å². The molecule has 0 heterocycles. The number of methoxy groups -OCH3 is 3. The van der Waals surface area contributed by atoms with Crippen molar-refractivity contribution in [3.05, 3.63) is 53.6 Å². The van der Waals surface area contributed by atoms with Crippen LogP contribution in [0, 0.1) is 0 Å². The predicted octanol–water partition coefficient (Wildman–Crippen LogP) is 3.26. The molecule has 0 aliphatic heterocycles. The van der Waals surface area contributed by atoms with Crippen molar-refractivity contribution in [2.45, 2.75) is 6.61 Å². The average Bonchev–Trinajstić information content (AvgIpc) is 2.58. The van der Waals surface area contributed by atoms with E-state index < -0.39 is 0 Å². The van der Waals surface area contributed by atoms with Crippen LogP contribution in [0.15, 0.2) is 47.6 Å². The van der Waals surface area contributed by atoms with Gasteiger partial charge in [0, 0.05) is 5.56 Å². The third-order valence-corrected chi connectivity index (χ3v) is 3.07. The molecule has 0 spiro atoms. The maximum absolute atomic E-state index is 5.31. The van der Waals surface area contributed by atoms with Gasteiger partial charge in [0.1, 0.15) is 23.9 Å². The highest BCUT2D eigenvalue weighted by atomic mass is 16.6. The summed E-state index contributed by atoms with van der Waals surface area (Å²) in [6.45, 7) is 0.361. The maximum Gasteiger partial charge on any atom is 0.142 e. The monoisotopic (exact) mass is 301 g/mol. The lowest BCUT2D eigenvalue weighted by Gasteiger charge is -2.07. The molecule has 0 fully saturated rings. The zero-order valence-corrected chi connectivity index (χ0v) is 12.9. The molecule has 0 aliphatic carbocycles. The van der Waals surface area contributed by atoms with Crippen molar-refractivity contribution < 1.29 is 19.0 Å². The molecular formula is C17H19NO4. The molecular weight excluding hydrogens is 282 g/mol. The Morgan fingerprint density at radius 3 is 2.41 bits per heavy atom. The standard InChI is InChI=1S/C17H19NO4/c1-19-15-6-4-5-13(9-15)12-22-18-11-14-10-16(20-2)7-8-17(14)21-3/h4-11H,12H2,1-3H3/b18-11-. The van der Waals surface area contributed by atoms with Crippen LogP contribution < -0.4 is 14.2 Å². The second kappa shape index (κ2) is 7.93. The van der Waals surface area contributed by atoms with Gasteiger partial charge in [-0.25, -0.2) is 0 Å². The summed E-state index contributed by atoms with van der Waals surface area (Å²) in [7, 11) is 4.85. The van der Waals surface area contributed by atoms with Crippen LogP contribution in [0.5, 0.6) is 17.2 Å².